The lowest BCUT2D eigenvalue weighted by molar-refractivity contribution is -0.146. The van der Waals surface area contributed by atoms with Crippen LogP contribution in [0, 0.1) is 0 Å². The molecule has 0 saturated carbocycles. The highest BCUT2D eigenvalue weighted by molar-refractivity contribution is 6.14. The number of rotatable bonds is 8. The Labute approximate surface area is 141 Å². The lowest BCUT2D eigenvalue weighted by Gasteiger charge is -2.13. The third-order valence-corrected chi connectivity index (χ3v) is 2.93. The predicted octanol–water partition coefficient (Wildman–Crippen LogP) is 1.34. The molecule has 0 aromatic heterocycles. The van der Waals surface area contributed by atoms with Crippen LogP contribution in [0.25, 0.3) is 0 Å². The molecule has 0 radical (unpaired) electrons. The Morgan fingerprint density at radius 1 is 1.33 bits per heavy atom. The summed E-state index contributed by atoms with van der Waals surface area (Å²) in [6.07, 6.45) is 12.3. The third kappa shape index (κ3) is 6.51. The van der Waals surface area contributed by atoms with E-state index in [0.29, 0.717) is 6.42 Å². The van der Waals surface area contributed by atoms with Gasteiger partial charge in [0.1, 0.15) is 0 Å². The fraction of sp³-hybridized carbons (Fsp3) is 0.353. The van der Waals surface area contributed by atoms with Crippen LogP contribution in [0.1, 0.15) is 20.3 Å². The Morgan fingerprint density at radius 2 is 2.00 bits per heavy atom. The highest BCUT2D eigenvalue weighted by Gasteiger charge is 2.21. The van der Waals surface area contributed by atoms with Gasteiger partial charge in [0.05, 0.1) is 19.3 Å². The van der Waals surface area contributed by atoms with Gasteiger partial charge in [0, 0.05) is 18.1 Å². The van der Waals surface area contributed by atoms with Gasteiger partial charge in [0.15, 0.2) is 5.57 Å². The number of allylic oxidation sites excluding steroid dienone is 2. The highest BCUT2D eigenvalue weighted by Crippen LogP contribution is 2.12. The van der Waals surface area contributed by atoms with E-state index < -0.39 is 11.9 Å². The van der Waals surface area contributed by atoms with Crippen molar-refractivity contribution in [2.75, 3.05) is 13.2 Å². The van der Waals surface area contributed by atoms with Gasteiger partial charge in [-0.05, 0) is 38.6 Å². The van der Waals surface area contributed by atoms with Crippen LogP contribution < -0.4 is 11.1 Å². The molecule has 0 spiro atoms. The molecule has 0 bridgehead atoms. The van der Waals surface area contributed by atoms with Crippen molar-refractivity contribution in [1.82, 2.24) is 5.32 Å². The standard InChI is InChI=1S/C17H23N3O4/c1-3-23-16(21)15(17(22)24-4-2)12-20-14-8-6-13(7-9-14)19-11-5-10-18/h5-6,8-13,20H,3-4,7,18H2,1-2H3. The largest absolute Gasteiger partial charge is 0.462 e. The van der Waals surface area contributed by atoms with Crippen LogP contribution in [0.3, 0.4) is 0 Å². The summed E-state index contributed by atoms with van der Waals surface area (Å²) >= 11 is 0. The normalized spacial score (nSPS) is 16.8. The van der Waals surface area contributed by atoms with Crippen LogP contribution in [-0.2, 0) is 19.1 Å². The fourth-order valence-electron chi connectivity index (χ4n) is 1.81. The molecule has 1 aliphatic rings. The van der Waals surface area contributed by atoms with Crippen molar-refractivity contribution in [3.05, 3.63) is 48.0 Å². The highest BCUT2D eigenvalue weighted by atomic mass is 16.6. The average molecular weight is 333 g/mol. The average Bonchev–Trinajstić information content (AvgIpc) is 2.57. The second kappa shape index (κ2) is 10.8. The Hall–Kier alpha value is -2.83. The van der Waals surface area contributed by atoms with Gasteiger partial charge in [-0.15, -0.1) is 0 Å². The molecule has 0 saturated heterocycles. The van der Waals surface area contributed by atoms with Crippen molar-refractivity contribution in [2.45, 2.75) is 26.3 Å². The molecule has 0 amide bonds. The third-order valence-electron chi connectivity index (χ3n) is 2.93. The lowest BCUT2D eigenvalue weighted by atomic mass is 10.1. The van der Waals surface area contributed by atoms with Gasteiger partial charge in [-0.1, -0.05) is 12.2 Å². The summed E-state index contributed by atoms with van der Waals surface area (Å²) in [5.74, 6) is -1.44. The van der Waals surface area contributed by atoms with Gasteiger partial charge in [-0.25, -0.2) is 9.59 Å². The Morgan fingerprint density at radius 3 is 2.50 bits per heavy atom. The number of hydrogen-bond donors (Lipinski definition) is 2. The number of carbonyl (C=O) groups is 2. The van der Waals surface area contributed by atoms with E-state index in [2.05, 4.69) is 10.3 Å². The molecule has 130 valence electrons. The van der Waals surface area contributed by atoms with Crippen LogP contribution in [0.4, 0.5) is 0 Å². The molecule has 0 heterocycles. The first-order chi connectivity index (χ1) is 11.6. The summed E-state index contributed by atoms with van der Waals surface area (Å²) in [5, 5.41) is 2.91. The van der Waals surface area contributed by atoms with Crippen molar-refractivity contribution in [2.24, 2.45) is 10.7 Å². The van der Waals surface area contributed by atoms with Gasteiger partial charge >= 0.3 is 11.9 Å². The van der Waals surface area contributed by atoms with E-state index in [1.54, 1.807) is 26.1 Å². The maximum Gasteiger partial charge on any atom is 0.347 e. The molecule has 1 rings (SSSR count). The van der Waals surface area contributed by atoms with E-state index in [0.717, 1.165) is 5.70 Å². The van der Waals surface area contributed by atoms with Crippen molar-refractivity contribution in [1.29, 1.82) is 0 Å². The molecule has 1 aliphatic carbocycles. The molecular weight excluding hydrogens is 310 g/mol. The summed E-state index contributed by atoms with van der Waals surface area (Å²) < 4.78 is 9.72. The van der Waals surface area contributed by atoms with Crippen molar-refractivity contribution in [3.8, 4) is 0 Å². The smallest absolute Gasteiger partial charge is 0.347 e. The maximum atomic E-state index is 11.8. The first kappa shape index (κ1) is 19.2. The Bertz CT molecular complexity index is 569. The van der Waals surface area contributed by atoms with E-state index in [4.69, 9.17) is 15.2 Å². The topological polar surface area (TPSA) is 103 Å². The number of esters is 2. The molecule has 7 nitrogen and oxygen atoms in total. The van der Waals surface area contributed by atoms with E-state index in [-0.39, 0.29) is 24.8 Å². The zero-order chi connectivity index (χ0) is 17.8. The number of nitrogens with two attached hydrogens (primary N) is 1. The first-order valence-electron chi connectivity index (χ1n) is 7.71. The molecule has 0 aromatic rings. The maximum absolute atomic E-state index is 11.8. The molecular formula is C17H23N3O4. The SMILES string of the molecule is CCOC(=O)C(=CNC1=CCC(N=CC=CN)C=C1)C(=O)OCC. The summed E-state index contributed by atoms with van der Waals surface area (Å²) in [6.45, 7) is 3.69. The number of carbonyl (C=O) groups excluding carboxylic acids is 2. The fourth-order valence-corrected chi connectivity index (χ4v) is 1.81. The molecule has 1 unspecified atom stereocenters. The lowest BCUT2D eigenvalue weighted by Crippen LogP contribution is -2.21. The second-order valence-corrected chi connectivity index (χ2v) is 4.65. The van der Waals surface area contributed by atoms with Crippen molar-refractivity contribution < 1.29 is 19.1 Å². The van der Waals surface area contributed by atoms with Crippen LogP contribution in [0.2, 0.25) is 0 Å². The summed E-state index contributed by atoms with van der Waals surface area (Å²) in [7, 11) is 0. The summed E-state index contributed by atoms with van der Waals surface area (Å²) in [5.41, 5.74) is 5.80. The van der Waals surface area contributed by atoms with Crippen LogP contribution >= 0.6 is 0 Å². The van der Waals surface area contributed by atoms with Crippen molar-refractivity contribution >= 4 is 18.2 Å². The number of aliphatic imine (C=N–C) groups is 1. The summed E-state index contributed by atoms with van der Waals surface area (Å²) in [6, 6.07) is 0.0327. The van der Waals surface area contributed by atoms with Gasteiger partial charge in [0.2, 0.25) is 0 Å². The Kier molecular flexibility index (Phi) is 8.67. The molecule has 7 heteroatoms. The van der Waals surface area contributed by atoms with E-state index in [1.807, 2.05) is 18.2 Å². The van der Waals surface area contributed by atoms with Crippen LogP contribution in [0.15, 0.2) is 53.0 Å². The van der Waals surface area contributed by atoms with E-state index in [1.165, 1.54) is 12.4 Å². The molecule has 24 heavy (non-hydrogen) atoms. The van der Waals surface area contributed by atoms with E-state index >= 15 is 0 Å². The molecule has 3 N–H and O–H groups in total. The van der Waals surface area contributed by atoms with Gasteiger partial charge in [-0.2, -0.15) is 0 Å². The molecule has 0 fully saturated rings. The Balaban J connectivity index is 2.71. The van der Waals surface area contributed by atoms with Gasteiger partial charge < -0.3 is 20.5 Å². The van der Waals surface area contributed by atoms with Crippen LogP contribution in [-0.4, -0.2) is 37.4 Å². The quantitative estimate of drug-likeness (QED) is 0.228. The zero-order valence-corrected chi connectivity index (χ0v) is 13.9. The number of ether oxygens (including phenoxy) is 2. The van der Waals surface area contributed by atoms with Gasteiger partial charge in [-0.3, -0.25) is 4.99 Å². The van der Waals surface area contributed by atoms with Crippen LogP contribution in [0.5, 0.6) is 0 Å². The number of hydrogen-bond acceptors (Lipinski definition) is 7. The molecule has 1 atom stereocenters. The second-order valence-electron chi connectivity index (χ2n) is 4.65. The summed E-state index contributed by atoms with van der Waals surface area (Å²) in [4.78, 5) is 27.9. The predicted molar refractivity (Wildman–Crippen MR) is 91.9 cm³/mol. The number of nitrogens with zero attached hydrogens (tertiary/aromatic N) is 1. The first-order valence-corrected chi connectivity index (χ1v) is 7.71. The monoisotopic (exact) mass is 333 g/mol. The van der Waals surface area contributed by atoms with Gasteiger partial charge in [0.25, 0.3) is 0 Å². The molecule has 0 aromatic carbocycles. The minimum absolute atomic E-state index is 0.0327. The minimum atomic E-state index is -0.722. The molecule has 0 aliphatic heterocycles. The minimum Gasteiger partial charge on any atom is -0.462 e. The van der Waals surface area contributed by atoms with E-state index in [9.17, 15) is 9.59 Å². The zero-order valence-electron chi connectivity index (χ0n) is 13.9. The van der Waals surface area contributed by atoms with Crippen molar-refractivity contribution in [3.63, 3.8) is 0 Å². The number of nitrogens with one attached hydrogen (secondary N) is 1.